The van der Waals surface area contributed by atoms with Crippen LogP contribution < -0.4 is 5.73 Å². The number of hydrogen-bond acceptors (Lipinski definition) is 2. The fourth-order valence-electron chi connectivity index (χ4n) is 1.07. The molecule has 0 aliphatic heterocycles. The molecule has 0 radical (unpaired) electrons. The van der Waals surface area contributed by atoms with Gasteiger partial charge in [-0.05, 0) is 29.9 Å². The molecule has 0 aliphatic rings. The van der Waals surface area contributed by atoms with Crippen LogP contribution in [-0.4, -0.2) is 5.75 Å². The van der Waals surface area contributed by atoms with Crippen LogP contribution in [0.3, 0.4) is 0 Å². The summed E-state index contributed by atoms with van der Waals surface area (Å²) >= 11 is 1.20. The van der Waals surface area contributed by atoms with E-state index in [1.54, 1.807) is 0 Å². The van der Waals surface area contributed by atoms with E-state index in [0.717, 1.165) is 12.2 Å². The smallest absolute Gasteiger partial charge is 0.140 e. The maximum atomic E-state index is 13.3. The molecule has 1 aromatic rings. The van der Waals surface area contributed by atoms with Crippen molar-refractivity contribution in [2.75, 3.05) is 5.75 Å². The molecule has 0 saturated carbocycles. The minimum absolute atomic E-state index is 0.101. The zero-order valence-corrected chi connectivity index (χ0v) is 8.83. The molecule has 0 amide bonds. The van der Waals surface area contributed by atoms with Crippen molar-refractivity contribution < 1.29 is 8.78 Å². The van der Waals surface area contributed by atoms with Crippen molar-refractivity contribution in [3.8, 4) is 0 Å². The van der Waals surface area contributed by atoms with Crippen molar-refractivity contribution in [3.63, 3.8) is 0 Å². The summed E-state index contributed by atoms with van der Waals surface area (Å²) in [6, 6.07) is 2.59. The van der Waals surface area contributed by atoms with Crippen molar-refractivity contribution in [2.24, 2.45) is 5.73 Å². The Hall–Kier alpha value is -0.610. The van der Waals surface area contributed by atoms with Gasteiger partial charge in [-0.15, -0.1) is 11.8 Å². The van der Waals surface area contributed by atoms with E-state index in [1.165, 1.54) is 23.9 Å². The Kier molecular flexibility index (Phi) is 4.35. The number of nitrogens with two attached hydrogens (primary N) is 1. The predicted molar refractivity (Wildman–Crippen MR) is 55.3 cm³/mol. The van der Waals surface area contributed by atoms with E-state index < -0.39 is 11.6 Å². The molecular weight excluding hydrogens is 204 g/mol. The highest BCUT2D eigenvalue weighted by Crippen LogP contribution is 2.26. The molecule has 2 N–H and O–H groups in total. The van der Waals surface area contributed by atoms with Gasteiger partial charge in [0.15, 0.2) is 0 Å². The fraction of sp³-hybridized carbons (Fsp3) is 0.400. The zero-order chi connectivity index (χ0) is 10.6. The van der Waals surface area contributed by atoms with E-state index in [-0.39, 0.29) is 11.4 Å². The highest BCUT2D eigenvalue weighted by Gasteiger charge is 2.10. The summed E-state index contributed by atoms with van der Waals surface area (Å²) in [6.07, 6.45) is 0.891. The van der Waals surface area contributed by atoms with Gasteiger partial charge in [-0.25, -0.2) is 8.78 Å². The van der Waals surface area contributed by atoms with Gasteiger partial charge in [0.2, 0.25) is 0 Å². The summed E-state index contributed by atoms with van der Waals surface area (Å²) in [5.74, 6) is -0.302. The van der Waals surface area contributed by atoms with E-state index in [9.17, 15) is 8.78 Å². The van der Waals surface area contributed by atoms with Crippen molar-refractivity contribution in [3.05, 3.63) is 29.3 Å². The van der Waals surface area contributed by atoms with Crippen LogP contribution in [0.25, 0.3) is 0 Å². The highest BCUT2D eigenvalue weighted by molar-refractivity contribution is 7.99. The lowest BCUT2D eigenvalue weighted by molar-refractivity contribution is 0.537. The lowest BCUT2D eigenvalue weighted by atomic mass is 10.2. The fourth-order valence-corrected chi connectivity index (χ4v) is 1.87. The predicted octanol–water partition coefficient (Wildman–Crippen LogP) is 2.93. The van der Waals surface area contributed by atoms with Gasteiger partial charge in [0.05, 0.1) is 4.90 Å². The van der Waals surface area contributed by atoms with Crippen molar-refractivity contribution >= 4 is 11.8 Å². The Morgan fingerprint density at radius 2 is 1.86 bits per heavy atom. The maximum Gasteiger partial charge on any atom is 0.140 e. The summed E-state index contributed by atoms with van der Waals surface area (Å²) in [4.78, 5) is 0.101. The topological polar surface area (TPSA) is 26.0 Å². The summed E-state index contributed by atoms with van der Waals surface area (Å²) in [6.45, 7) is 2.13. The minimum atomic E-state index is -0.510. The molecule has 0 saturated heterocycles. The monoisotopic (exact) mass is 217 g/mol. The third-order valence-electron chi connectivity index (χ3n) is 1.74. The minimum Gasteiger partial charge on any atom is -0.326 e. The van der Waals surface area contributed by atoms with Crippen LogP contribution in [0.4, 0.5) is 8.78 Å². The first-order chi connectivity index (χ1) is 6.69. The first-order valence-electron chi connectivity index (χ1n) is 4.49. The molecule has 0 aliphatic carbocycles. The van der Waals surface area contributed by atoms with Gasteiger partial charge in [0.25, 0.3) is 0 Å². The number of hydrogen-bond donors (Lipinski definition) is 1. The second-order valence-electron chi connectivity index (χ2n) is 2.94. The summed E-state index contributed by atoms with van der Waals surface area (Å²) in [5.41, 5.74) is 5.78. The summed E-state index contributed by atoms with van der Waals surface area (Å²) in [5, 5.41) is 0. The van der Waals surface area contributed by atoms with Gasteiger partial charge in [-0.1, -0.05) is 6.92 Å². The van der Waals surface area contributed by atoms with Crippen LogP contribution in [0.1, 0.15) is 18.9 Å². The van der Waals surface area contributed by atoms with Gasteiger partial charge in [-0.2, -0.15) is 0 Å². The van der Waals surface area contributed by atoms with Crippen LogP contribution in [-0.2, 0) is 6.54 Å². The van der Waals surface area contributed by atoms with Crippen molar-refractivity contribution in [1.82, 2.24) is 0 Å². The molecule has 78 valence electrons. The van der Waals surface area contributed by atoms with Crippen LogP contribution >= 0.6 is 11.8 Å². The van der Waals surface area contributed by atoms with Gasteiger partial charge in [0, 0.05) is 6.54 Å². The molecule has 4 heteroatoms. The van der Waals surface area contributed by atoms with Crippen LogP contribution in [0, 0.1) is 11.6 Å². The van der Waals surface area contributed by atoms with Crippen LogP contribution in [0.2, 0.25) is 0 Å². The standard InChI is InChI=1S/C10H13F2NS/c1-2-3-14-10-8(11)4-7(6-13)5-9(10)12/h4-5H,2-3,6,13H2,1H3. The van der Waals surface area contributed by atoms with Gasteiger partial charge < -0.3 is 5.73 Å². The molecule has 0 spiro atoms. The molecule has 0 heterocycles. The molecule has 14 heavy (non-hydrogen) atoms. The molecule has 0 atom stereocenters. The Balaban J connectivity index is 2.93. The summed E-state index contributed by atoms with van der Waals surface area (Å²) < 4.78 is 26.6. The van der Waals surface area contributed by atoms with Crippen molar-refractivity contribution in [1.29, 1.82) is 0 Å². The normalized spacial score (nSPS) is 10.6. The third kappa shape index (κ3) is 2.69. The van der Waals surface area contributed by atoms with Gasteiger partial charge in [0.1, 0.15) is 11.6 Å². The molecule has 0 bridgehead atoms. The Labute approximate surface area is 86.7 Å². The van der Waals surface area contributed by atoms with Gasteiger partial charge >= 0.3 is 0 Å². The molecule has 1 aromatic carbocycles. The zero-order valence-electron chi connectivity index (χ0n) is 8.02. The van der Waals surface area contributed by atoms with Gasteiger partial charge in [-0.3, -0.25) is 0 Å². The third-order valence-corrected chi connectivity index (χ3v) is 3.04. The lowest BCUT2D eigenvalue weighted by Crippen LogP contribution is -1.99. The molecule has 1 rings (SSSR count). The van der Waals surface area contributed by atoms with E-state index in [4.69, 9.17) is 5.73 Å². The Bertz CT molecular complexity index is 292. The average molecular weight is 217 g/mol. The largest absolute Gasteiger partial charge is 0.326 e. The van der Waals surface area contributed by atoms with E-state index in [1.807, 2.05) is 6.92 Å². The molecular formula is C10H13F2NS. The number of thioether (sulfide) groups is 1. The average Bonchev–Trinajstić information content (AvgIpc) is 2.16. The van der Waals surface area contributed by atoms with E-state index in [0.29, 0.717) is 5.56 Å². The second kappa shape index (κ2) is 5.32. The molecule has 0 unspecified atom stereocenters. The van der Waals surface area contributed by atoms with E-state index >= 15 is 0 Å². The number of halogens is 2. The van der Waals surface area contributed by atoms with Crippen LogP contribution in [0.15, 0.2) is 17.0 Å². The molecule has 0 fully saturated rings. The molecule has 1 nitrogen and oxygen atoms in total. The summed E-state index contributed by atoms with van der Waals surface area (Å²) in [7, 11) is 0. The number of rotatable bonds is 4. The quantitative estimate of drug-likeness (QED) is 0.785. The maximum absolute atomic E-state index is 13.3. The lowest BCUT2D eigenvalue weighted by Gasteiger charge is -2.05. The molecule has 0 aromatic heterocycles. The SMILES string of the molecule is CCCSc1c(F)cc(CN)cc1F. The van der Waals surface area contributed by atoms with E-state index in [2.05, 4.69) is 0 Å². The Morgan fingerprint density at radius 3 is 2.29 bits per heavy atom. The first kappa shape index (κ1) is 11.5. The van der Waals surface area contributed by atoms with Crippen LogP contribution in [0.5, 0.6) is 0 Å². The number of benzene rings is 1. The highest BCUT2D eigenvalue weighted by atomic mass is 32.2. The Morgan fingerprint density at radius 1 is 1.29 bits per heavy atom. The van der Waals surface area contributed by atoms with Crippen molar-refractivity contribution in [2.45, 2.75) is 24.8 Å². The second-order valence-corrected chi connectivity index (χ2v) is 4.05. The first-order valence-corrected chi connectivity index (χ1v) is 5.48.